The molecule has 2 rings (SSSR count). The molecule has 2 heterocycles. The molecule has 1 N–H and O–H groups in total. The summed E-state index contributed by atoms with van der Waals surface area (Å²) in [5, 5.41) is 3.48. The number of piperidine rings is 1. The van der Waals surface area contributed by atoms with Crippen LogP contribution in [0.4, 0.5) is 0 Å². The van der Waals surface area contributed by atoms with Gasteiger partial charge in [0.2, 0.25) is 0 Å². The molecule has 2 atom stereocenters. The van der Waals surface area contributed by atoms with Crippen molar-refractivity contribution in [2.45, 2.75) is 51.6 Å². The van der Waals surface area contributed by atoms with E-state index >= 15 is 0 Å². The molecule has 2 aliphatic heterocycles. The first-order chi connectivity index (χ1) is 8.27. The van der Waals surface area contributed by atoms with Crippen molar-refractivity contribution in [3.8, 4) is 0 Å². The van der Waals surface area contributed by atoms with Crippen molar-refractivity contribution in [1.29, 1.82) is 0 Å². The van der Waals surface area contributed by atoms with Crippen LogP contribution in [-0.4, -0.2) is 61.2 Å². The monoisotopic (exact) mass is 239 g/mol. The fourth-order valence-electron chi connectivity index (χ4n) is 3.30. The van der Waals surface area contributed by atoms with Crippen LogP contribution in [0.3, 0.4) is 0 Å². The molecular formula is C14H29N3. The highest BCUT2D eigenvalue weighted by molar-refractivity contribution is 4.80. The Bertz CT molecular complexity index is 202. The van der Waals surface area contributed by atoms with E-state index in [9.17, 15) is 0 Å². The Morgan fingerprint density at radius 1 is 0.941 bits per heavy atom. The summed E-state index contributed by atoms with van der Waals surface area (Å²) >= 11 is 0. The first-order valence-electron chi connectivity index (χ1n) is 7.46. The number of hydrogen-bond donors (Lipinski definition) is 1. The standard InChI is InChI=1S/C14H29N3/c1-13-5-3-6-14(2)17(13)12-11-16-9-4-7-15-8-10-16/h13-15H,3-12H2,1-2H3. The zero-order chi connectivity index (χ0) is 12.1. The van der Waals surface area contributed by atoms with Crippen LogP contribution < -0.4 is 5.32 Å². The van der Waals surface area contributed by atoms with Gasteiger partial charge in [-0.05, 0) is 46.2 Å². The first kappa shape index (κ1) is 13.3. The third kappa shape index (κ3) is 3.94. The van der Waals surface area contributed by atoms with Gasteiger partial charge in [-0.15, -0.1) is 0 Å². The van der Waals surface area contributed by atoms with Gasteiger partial charge in [-0.3, -0.25) is 4.90 Å². The van der Waals surface area contributed by atoms with E-state index in [1.807, 2.05) is 0 Å². The number of rotatable bonds is 3. The maximum atomic E-state index is 3.48. The van der Waals surface area contributed by atoms with Crippen LogP contribution in [0.25, 0.3) is 0 Å². The van der Waals surface area contributed by atoms with Crippen LogP contribution in [0.1, 0.15) is 39.5 Å². The van der Waals surface area contributed by atoms with E-state index in [1.165, 1.54) is 65.0 Å². The minimum absolute atomic E-state index is 0.795. The first-order valence-corrected chi connectivity index (χ1v) is 7.46. The summed E-state index contributed by atoms with van der Waals surface area (Å²) in [4.78, 5) is 5.36. The second-order valence-corrected chi connectivity index (χ2v) is 5.81. The average Bonchev–Trinajstić information content (AvgIpc) is 2.57. The minimum Gasteiger partial charge on any atom is -0.315 e. The Kier molecular flexibility index (Phi) is 5.26. The molecule has 0 bridgehead atoms. The van der Waals surface area contributed by atoms with Crippen molar-refractivity contribution < 1.29 is 0 Å². The molecule has 17 heavy (non-hydrogen) atoms. The van der Waals surface area contributed by atoms with Crippen molar-refractivity contribution in [3.05, 3.63) is 0 Å². The Hall–Kier alpha value is -0.120. The van der Waals surface area contributed by atoms with E-state index < -0.39 is 0 Å². The normalized spacial score (nSPS) is 33.5. The maximum Gasteiger partial charge on any atom is 0.0115 e. The SMILES string of the molecule is CC1CCCC(C)N1CCN1CCCNCC1. The Balaban J connectivity index is 1.75. The predicted molar refractivity (Wildman–Crippen MR) is 73.4 cm³/mol. The Labute approximate surface area is 107 Å². The van der Waals surface area contributed by atoms with E-state index in [2.05, 4.69) is 29.0 Å². The molecule has 0 aromatic heterocycles. The molecule has 0 aromatic carbocycles. The average molecular weight is 239 g/mol. The molecule has 3 nitrogen and oxygen atoms in total. The zero-order valence-electron chi connectivity index (χ0n) is 11.6. The highest BCUT2D eigenvalue weighted by Gasteiger charge is 2.24. The minimum atomic E-state index is 0.795. The molecule has 3 heteroatoms. The Morgan fingerprint density at radius 3 is 2.47 bits per heavy atom. The molecule has 0 amide bonds. The highest BCUT2D eigenvalue weighted by atomic mass is 15.2. The molecular weight excluding hydrogens is 210 g/mol. The van der Waals surface area contributed by atoms with Crippen LogP contribution in [0.15, 0.2) is 0 Å². The van der Waals surface area contributed by atoms with Crippen molar-refractivity contribution in [2.75, 3.05) is 39.3 Å². The van der Waals surface area contributed by atoms with Gasteiger partial charge in [0.05, 0.1) is 0 Å². The van der Waals surface area contributed by atoms with Gasteiger partial charge in [-0.25, -0.2) is 0 Å². The fourth-order valence-corrected chi connectivity index (χ4v) is 3.30. The van der Waals surface area contributed by atoms with Gasteiger partial charge in [-0.1, -0.05) is 6.42 Å². The maximum absolute atomic E-state index is 3.48. The fraction of sp³-hybridized carbons (Fsp3) is 1.00. The van der Waals surface area contributed by atoms with Gasteiger partial charge in [0.25, 0.3) is 0 Å². The second-order valence-electron chi connectivity index (χ2n) is 5.81. The van der Waals surface area contributed by atoms with Gasteiger partial charge in [0.1, 0.15) is 0 Å². The van der Waals surface area contributed by atoms with Crippen molar-refractivity contribution in [3.63, 3.8) is 0 Å². The smallest absolute Gasteiger partial charge is 0.0115 e. The van der Waals surface area contributed by atoms with Crippen LogP contribution in [0.2, 0.25) is 0 Å². The molecule has 2 unspecified atom stereocenters. The quantitative estimate of drug-likeness (QED) is 0.806. The summed E-state index contributed by atoms with van der Waals surface area (Å²) in [7, 11) is 0. The second kappa shape index (κ2) is 6.72. The van der Waals surface area contributed by atoms with E-state index in [0.29, 0.717) is 0 Å². The van der Waals surface area contributed by atoms with Gasteiger partial charge in [0.15, 0.2) is 0 Å². The van der Waals surface area contributed by atoms with Gasteiger partial charge in [0, 0.05) is 38.3 Å². The summed E-state index contributed by atoms with van der Waals surface area (Å²) in [6.45, 7) is 12.2. The molecule has 2 aliphatic rings. The van der Waals surface area contributed by atoms with Crippen molar-refractivity contribution in [1.82, 2.24) is 15.1 Å². The molecule has 0 saturated carbocycles. The van der Waals surface area contributed by atoms with Gasteiger partial charge in [-0.2, -0.15) is 0 Å². The molecule has 100 valence electrons. The lowest BCUT2D eigenvalue weighted by Crippen LogP contribution is -2.47. The number of nitrogens with zero attached hydrogens (tertiary/aromatic N) is 2. The van der Waals surface area contributed by atoms with Crippen LogP contribution >= 0.6 is 0 Å². The topological polar surface area (TPSA) is 18.5 Å². The van der Waals surface area contributed by atoms with Gasteiger partial charge >= 0.3 is 0 Å². The summed E-state index contributed by atoms with van der Waals surface area (Å²) in [6.07, 6.45) is 5.52. The third-order valence-corrected chi connectivity index (χ3v) is 4.48. The Morgan fingerprint density at radius 2 is 1.71 bits per heavy atom. The van der Waals surface area contributed by atoms with E-state index in [0.717, 1.165) is 12.1 Å². The van der Waals surface area contributed by atoms with E-state index in [1.54, 1.807) is 0 Å². The zero-order valence-corrected chi connectivity index (χ0v) is 11.6. The van der Waals surface area contributed by atoms with E-state index in [4.69, 9.17) is 0 Å². The number of likely N-dealkylation sites (tertiary alicyclic amines) is 1. The molecule has 0 aromatic rings. The molecule has 2 saturated heterocycles. The summed E-state index contributed by atoms with van der Waals surface area (Å²) < 4.78 is 0. The number of hydrogen-bond acceptors (Lipinski definition) is 3. The largest absolute Gasteiger partial charge is 0.315 e. The highest BCUT2D eigenvalue weighted by Crippen LogP contribution is 2.21. The predicted octanol–water partition coefficient (Wildman–Crippen LogP) is 1.54. The van der Waals surface area contributed by atoms with E-state index in [-0.39, 0.29) is 0 Å². The number of nitrogens with one attached hydrogen (secondary N) is 1. The lowest BCUT2D eigenvalue weighted by molar-refractivity contribution is 0.0887. The third-order valence-electron chi connectivity index (χ3n) is 4.48. The lowest BCUT2D eigenvalue weighted by atomic mass is 9.97. The van der Waals surface area contributed by atoms with Crippen LogP contribution in [0.5, 0.6) is 0 Å². The van der Waals surface area contributed by atoms with Crippen molar-refractivity contribution >= 4 is 0 Å². The van der Waals surface area contributed by atoms with Crippen LogP contribution in [0, 0.1) is 0 Å². The van der Waals surface area contributed by atoms with Gasteiger partial charge < -0.3 is 10.2 Å². The molecule has 2 fully saturated rings. The van der Waals surface area contributed by atoms with Crippen molar-refractivity contribution in [2.24, 2.45) is 0 Å². The lowest BCUT2D eigenvalue weighted by Gasteiger charge is -2.40. The van der Waals surface area contributed by atoms with Crippen LogP contribution in [-0.2, 0) is 0 Å². The molecule has 0 aliphatic carbocycles. The summed E-state index contributed by atoms with van der Waals surface area (Å²) in [5.41, 5.74) is 0. The molecule has 0 radical (unpaired) electrons. The summed E-state index contributed by atoms with van der Waals surface area (Å²) in [5.74, 6) is 0. The summed E-state index contributed by atoms with van der Waals surface area (Å²) in [6, 6.07) is 1.59. The molecule has 0 spiro atoms.